The molecule has 1 heterocycles. The van der Waals surface area contributed by atoms with Gasteiger partial charge >= 0.3 is 0 Å². The highest BCUT2D eigenvalue weighted by molar-refractivity contribution is 5.81. The molecule has 0 spiro atoms. The normalized spacial score (nSPS) is 24.9. The van der Waals surface area contributed by atoms with E-state index in [1.54, 1.807) is 0 Å². The largest absolute Gasteiger partial charge is 0.381 e. The van der Waals surface area contributed by atoms with Crippen LogP contribution in [0.15, 0.2) is 0 Å². The van der Waals surface area contributed by atoms with Gasteiger partial charge in [-0.3, -0.25) is 4.79 Å². The fourth-order valence-corrected chi connectivity index (χ4v) is 1.97. The molecule has 0 aromatic carbocycles. The molecular weight excluding hydrogens is 192 g/mol. The van der Waals surface area contributed by atoms with E-state index in [2.05, 4.69) is 5.32 Å². The third-order valence-electron chi connectivity index (χ3n) is 3.34. The van der Waals surface area contributed by atoms with Crippen LogP contribution < -0.4 is 11.1 Å². The SMILES string of the molecule is NC(C(=O)NCC1CC1)C1CCOCC1. The summed E-state index contributed by atoms with van der Waals surface area (Å²) in [4.78, 5) is 11.7. The maximum Gasteiger partial charge on any atom is 0.237 e. The molecule has 1 unspecified atom stereocenters. The lowest BCUT2D eigenvalue weighted by Gasteiger charge is -2.26. The summed E-state index contributed by atoms with van der Waals surface area (Å²) in [7, 11) is 0. The van der Waals surface area contributed by atoms with Crippen molar-refractivity contribution >= 4 is 5.91 Å². The van der Waals surface area contributed by atoms with Crippen LogP contribution in [0.2, 0.25) is 0 Å². The predicted molar refractivity (Wildman–Crippen MR) is 57.3 cm³/mol. The highest BCUT2D eigenvalue weighted by atomic mass is 16.5. The quantitative estimate of drug-likeness (QED) is 0.703. The van der Waals surface area contributed by atoms with Gasteiger partial charge in [-0.05, 0) is 37.5 Å². The lowest BCUT2D eigenvalue weighted by molar-refractivity contribution is -0.124. The van der Waals surface area contributed by atoms with Crippen molar-refractivity contribution in [2.45, 2.75) is 31.7 Å². The maximum absolute atomic E-state index is 11.7. The molecule has 15 heavy (non-hydrogen) atoms. The van der Waals surface area contributed by atoms with Crippen molar-refractivity contribution < 1.29 is 9.53 Å². The summed E-state index contributed by atoms with van der Waals surface area (Å²) in [6, 6.07) is -0.340. The molecule has 2 rings (SSSR count). The van der Waals surface area contributed by atoms with Gasteiger partial charge in [0, 0.05) is 19.8 Å². The molecule has 2 aliphatic rings. The molecule has 4 nitrogen and oxygen atoms in total. The number of ether oxygens (including phenoxy) is 1. The van der Waals surface area contributed by atoms with Gasteiger partial charge in [-0.2, -0.15) is 0 Å². The van der Waals surface area contributed by atoms with Crippen molar-refractivity contribution in [3.05, 3.63) is 0 Å². The smallest absolute Gasteiger partial charge is 0.237 e. The minimum atomic E-state index is -0.340. The summed E-state index contributed by atoms with van der Waals surface area (Å²) in [5, 5.41) is 2.94. The Balaban J connectivity index is 1.71. The molecule has 0 aromatic heterocycles. The first-order chi connectivity index (χ1) is 7.27. The average Bonchev–Trinajstić information content (AvgIpc) is 3.10. The van der Waals surface area contributed by atoms with Gasteiger partial charge in [0.25, 0.3) is 0 Å². The number of carbonyl (C=O) groups excluding carboxylic acids is 1. The first kappa shape index (κ1) is 10.9. The van der Waals surface area contributed by atoms with Crippen molar-refractivity contribution in [3.8, 4) is 0 Å². The molecule has 3 N–H and O–H groups in total. The zero-order valence-corrected chi connectivity index (χ0v) is 9.08. The summed E-state index contributed by atoms with van der Waals surface area (Å²) >= 11 is 0. The second-order valence-corrected chi connectivity index (χ2v) is 4.66. The molecule has 1 aliphatic heterocycles. The highest BCUT2D eigenvalue weighted by Crippen LogP contribution is 2.27. The van der Waals surface area contributed by atoms with E-state index in [0.717, 1.165) is 38.5 Å². The summed E-state index contributed by atoms with van der Waals surface area (Å²) in [6.07, 6.45) is 4.34. The van der Waals surface area contributed by atoms with Crippen LogP contribution in [-0.4, -0.2) is 31.7 Å². The van der Waals surface area contributed by atoms with E-state index in [4.69, 9.17) is 10.5 Å². The lowest BCUT2D eigenvalue weighted by atomic mass is 9.92. The number of amides is 1. The fraction of sp³-hybridized carbons (Fsp3) is 0.909. The molecule has 4 heteroatoms. The van der Waals surface area contributed by atoms with Crippen molar-refractivity contribution in [2.75, 3.05) is 19.8 Å². The molecule has 1 aliphatic carbocycles. The zero-order chi connectivity index (χ0) is 10.7. The molecule has 0 bridgehead atoms. The first-order valence-electron chi connectivity index (χ1n) is 5.88. The molecule has 1 amide bonds. The average molecular weight is 212 g/mol. The molecule has 1 atom stereocenters. The maximum atomic E-state index is 11.7. The van der Waals surface area contributed by atoms with Crippen LogP contribution in [0.25, 0.3) is 0 Å². The van der Waals surface area contributed by atoms with E-state index < -0.39 is 0 Å². The number of nitrogens with one attached hydrogen (secondary N) is 1. The Morgan fingerprint density at radius 1 is 1.33 bits per heavy atom. The molecule has 0 radical (unpaired) electrons. The Kier molecular flexibility index (Phi) is 3.59. The second-order valence-electron chi connectivity index (χ2n) is 4.66. The van der Waals surface area contributed by atoms with Crippen molar-refractivity contribution in [1.29, 1.82) is 0 Å². The summed E-state index contributed by atoms with van der Waals surface area (Å²) in [5.41, 5.74) is 5.93. The highest BCUT2D eigenvalue weighted by Gasteiger charge is 2.28. The first-order valence-corrected chi connectivity index (χ1v) is 5.88. The molecule has 2 fully saturated rings. The summed E-state index contributed by atoms with van der Waals surface area (Å²) in [5.74, 6) is 1.04. The number of hydrogen-bond donors (Lipinski definition) is 2. The van der Waals surface area contributed by atoms with Gasteiger partial charge in [-0.1, -0.05) is 0 Å². The van der Waals surface area contributed by atoms with Crippen LogP contribution in [0.3, 0.4) is 0 Å². The van der Waals surface area contributed by atoms with Gasteiger partial charge in [-0.15, -0.1) is 0 Å². The Bertz CT molecular complexity index is 223. The van der Waals surface area contributed by atoms with E-state index in [0.29, 0.717) is 5.92 Å². The number of rotatable bonds is 4. The van der Waals surface area contributed by atoms with Gasteiger partial charge in [0.2, 0.25) is 5.91 Å². The molecule has 1 saturated heterocycles. The standard InChI is InChI=1S/C11H20N2O2/c12-10(9-3-5-15-6-4-9)11(14)13-7-8-1-2-8/h8-10H,1-7,12H2,(H,13,14). The van der Waals surface area contributed by atoms with Crippen LogP contribution in [-0.2, 0) is 9.53 Å². The molecular formula is C11H20N2O2. The van der Waals surface area contributed by atoms with Crippen molar-refractivity contribution in [1.82, 2.24) is 5.32 Å². The van der Waals surface area contributed by atoms with Crippen LogP contribution in [0, 0.1) is 11.8 Å². The fourth-order valence-electron chi connectivity index (χ4n) is 1.97. The third kappa shape index (κ3) is 3.18. The zero-order valence-electron chi connectivity index (χ0n) is 9.08. The Labute approximate surface area is 90.5 Å². The summed E-state index contributed by atoms with van der Waals surface area (Å²) in [6.45, 7) is 2.30. The van der Waals surface area contributed by atoms with Crippen LogP contribution in [0.1, 0.15) is 25.7 Å². The molecule has 1 saturated carbocycles. The van der Waals surface area contributed by atoms with Gasteiger partial charge in [0.15, 0.2) is 0 Å². The minimum absolute atomic E-state index is 0.0220. The van der Waals surface area contributed by atoms with E-state index >= 15 is 0 Å². The van der Waals surface area contributed by atoms with Gasteiger partial charge in [-0.25, -0.2) is 0 Å². The van der Waals surface area contributed by atoms with Gasteiger partial charge in [0.1, 0.15) is 0 Å². The minimum Gasteiger partial charge on any atom is -0.381 e. The number of carbonyl (C=O) groups is 1. The lowest BCUT2D eigenvalue weighted by Crippen LogP contribution is -2.47. The molecule has 86 valence electrons. The van der Waals surface area contributed by atoms with Gasteiger partial charge < -0.3 is 15.8 Å². The molecule has 0 aromatic rings. The third-order valence-corrected chi connectivity index (χ3v) is 3.34. The number of nitrogens with two attached hydrogens (primary N) is 1. The van der Waals surface area contributed by atoms with Crippen LogP contribution >= 0.6 is 0 Å². The van der Waals surface area contributed by atoms with E-state index in [9.17, 15) is 4.79 Å². The topological polar surface area (TPSA) is 64.4 Å². The van der Waals surface area contributed by atoms with E-state index in [-0.39, 0.29) is 11.9 Å². The van der Waals surface area contributed by atoms with Crippen LogP contribution in [0.4, 0.5) is 0 Å². The van der Waals surface area contributed by atoms with Crippen molar-refractivity contribution in [3.63, 3.8) is 0 Å². The Morgan fingerprint density at radius 3 is 2.60 bits per heavy atom. The van der Waals surface area contributed by atoms with Gasteiger partial charge in [0.05, 0.1) is 6.04 Å². The summed E-state index contributed by atoms with van der Waals surface area (Å²) < 4.78 is 5.25. The Morgan fingerprint density at radius 2 is 2.00 bits per heavy atom. The van der Waals surface area contributed by atoms with E-state index in [1.807, 2.05) is 0 Å². The number of hydrogen-bond acceptors (Lipinski definition) is 3. The van der Waals surface area contributed by atoms with E-state index in [1.165, 1.54) is 12.8 Å². The second kappa shape index (κ2) is 4.94. The monoisotopic (exact) mass is 212 g/mol. The van der Waals surface area contributed by atoms with Crippen LogP contribution in [0.5, 0.6) is 0 Å². The van der Waals surface area contributed by atoms with Crippen molar-refractivity contribution in [2.24, 2.45) is 17.6 Å². The predicted octanol–water partition coefficient (Wildman–Crippen LogP) is 0.266. The Hall–Kier alpha value is -0.610.